The second-order valence-corrected chi connectivity index (χ2v) is 4.79. The average Bonchev–Trinajstić information content (AvgIpc) is 3.04. The van der Waals surface area contributed by atoms with Gasteiger partial charge in [-0.1, -0.05) is 42.5 Å². The predicted molar refractivity (Wildman–Crippen MR) is 87.6 cm³/mol. The summed E-state index contributed by atoms with van der Waals surface area (Å²) in [6.07, 6.45) is 3.02. The third kappa shape index (κ3) is 3.82. The highest BCUT2D eigenvalue weighted by Gasteiger charge is 2.06. The number of H-pyrrole nitrogens is 1. The number of phenolic OH excluding ortho intramolecular Hbond substituents is 1. The van der Waals surface area contributed by atoms with Crippen molar-refractivity contribution in [2.45, 2.75) is 0 Å². The molecule has 0 atom stereocenters. The van der Waals surface area contributed by atoms with Crippen LogP contribution in [0.25, 0.3) is 17.5 Å². The molecule has 0 aliphatic carbocycles. The molecule has 6 nitrogen and oxygen atoms in total. The number of benzene rings is 2. The molecule has 0 bridgehead atoms. The van der Waals surface area contributed by atoms with Crippen molar-refractivity contribution in [1.82, 2.24) is 15.2 Å². The SMILES string of the molecule is O=C(/C=C/c1ccc(O)cc1)Nc1n[nH]c(-c2ccccc2)n1. The van der Waals surface area contributed by atoms with Gasteiger partial charge in [0.05, 0.1) is 0 Å². The first kappa shape index (κ1) is 14.5. The van der Waals surface area contributed by atoms with Crippen LogP contribution in [-0.2, 0) is 4.79 Å². The van der Waals surface area contributed by atoms with E-state index in [1.165, 1.54) is 6.08 Å². The van der Waals surface area contributed by atoms with Crippen molar-refractivity contribution in [1.29, 1.82) is 0 Å². The molecule has 6 heteroatoms. The number of phenols is 1. The van der Waals surface area contributed by atoms with Crippen molar-refractivity contribution < 1.29 is 9.90 Å². The van der Waals surface area contributed by atoms with E-state index in [9.17, 15) is 9.90 Å². The number of anilines is 1. The molecular formula is C17H14N4O2. The molecule has 3 N–H and O–H groups in total. The van der Waals surface area contributed by atoms with Gasteiger partial charge in [-0.3, -0.25) is 15.2 Å². The fourth-order valence-electron chi connectivity index (χ4n) is 1.95. The lowest BCUT2D eigenvalue weighted by molar-refractivity contribution is -0.111. The van der Waals surface area contributed by atoms with E-state index in [4.69, 9.17) is 0 Å². The summed E-state index contributed by atoms with van der Waals surface area (Å²) in [5, 5.41) is 18.5. The number of hydrogen-bond acceptors (Lipinski definition) is 4. The van der Waals surface area contributed by atoms with Crippen LogP contribution in [0.4, 0.5) is 5.95 Å². The van der Waals surface area contributed by atoms with Gasteiger partial charge in [-0.2, -0.15) is 4.98 Å². The number of aromatic hydroxyl groups is 1. The summed E-state index contributed by atoms with van der Waals surface area (Å²) in [6.45, 7) is 0. The Kier molecular flexibility index (Phi) is 4.15. The first-order valence-electron chi connectivity index (χ1n) is 6.96. The second kappa shape index (κ2) is 6.57. The van der Waals surface area contributed by atoms with Gasteiger partial charge >= 0.3 is 0 Å². The minimum absolute atomic E-state index is 0.181. The molecule has 1 amide bonds. The Bertz CT molecular complexity index is 823. The number of carbonyl (C=O) groups excluding carboxylic acids is 1. The fourth-order valence-corrected chi connectivity index (χ4v) is 1.95. The van der Waals surface area contributed by atoms with E-state index in [-0.39, 0.29) is 17.6 Å². The predicted octanol–water partition coefficient (Wildman–Crippen LogP) is 2.83. The molecule has 0 aliphatic heterocycles. The van der Waals surface area contributed by atoms with Gasteiger partial charge in [-0.25, -0.2) is 0 Å². The zero-order chi connectivity index (χ0) is 16.1. The smallest absolute Gasteiger partial charge is 0.250 e. The van der Waals surface area contributed by atoms with Crippen LogP contribution in [0, 0.1) is 0 Å². The van der Waals surface area contributed by atoms with Crippen molar-refractivity contribution in [2.75, 3.05) is 5.32 Å². The van der Waals surface area contributed by atoms with Crippen molar-refractivity contribution in [3.05, 3.63) is 66.2 Å². The van der Waals surface area contributed by atoms with Crippen LogP contribution in [0.1, 0.15) is 5.56 Å². The molecule has 2 aromatic carbocycles. The molecule has 0 fully saturated rings. The van der Waals surface area contributed by atoms with Crippen molar-refractivity contribution in [3.63, 3.8) is 0 Å². The van der Waals surface area contributed by atoms with Crippen LogP contribution in [0.2, 0.25) is 0 Å². The van der Waals surface area contributed by atoms with Gasteiger partial charge in [-0.05, 0) is 23.8 Å². The van der Waals surface area contributed by atoms with Crippen molar-refractivity contribution >= 4 is 17.9 Å². The third-order valence-electron chi connectivity index (χ3n) is 3.09. The largest absolute Gasteiger partial charge is 0.508 e. The second-order valence-electron chi connectivity index (χ2n) is 4.79. The molecule has 0 saturated carbocycles. The topological polar surface area (TPSA) is 90.9 Å². The minimum Gasteiger partial charge on any atom is -0.508 e. The highest BCUT2D eigenvalue weighted by molar-refractivity contribution is 6.00. The molecule has 1 aromatic heterocycles. The molecule has 0 spiro atoms. The molecule has 1 heterocycles. The fraction of sp³-hybridized carbons (Fsp3) is 0. The number of hydrogen-bond donors (Lipinski definition) is 3. The maximum absolute atomic E-state index is 11.9. The number of nitrogens with zero attached hydrogens (tertiary/aromatic N) is 2. The monoisotopic (exact) mass is 306 g/mol. The first-order valence-corrected chi connectivity index (χ1v) is 6.96. The molecular weight excluding hydrogens is 292 g/mol. The number of carbonyl (C=O) groups is 1. The zero-order valence-corrected chi connectivity index (χ0v) is 12.1. The van der Waals surface area contributed by atoms with Crippen molar-refractivity contribution in [3.8, 4) is 17.1 Å². The Labute approximate surface area is 132 Å². The molecule has 3 aromatic rings. The van der Waals surface area contributed by atoms with Gasteiger partial charge in [0.25, 0.3) is 5.91 Å². The number of amides is 1. The number of aromatic amines is 1. The summed E-state index contributed by atoms with van der Waals surface area (Å²) >= 11 is 0. The van der Waals surface area contributed by atoms with Gasteiger partial charge in [0.2, 0.25) is 5.95 Å². The lowest BCUT2D eigenvalue weighted by atomic mass is 10.2. The van der Waals surface area contributed by atoms with E-state index in [0.29, 0.717) is 5.82 Å². The van der Waals surface area contributed by atoms with E-state index in [1.807, 2.05) is 30.3 Å². The summed E-state index contributed by atoms with van der Waals surface area (Å²) in [5.74, 6) is 0.644. The molecule has 0 saturated heterocycles. The number of nitrogens with one attached hydrogen (secondary N) is 2. The van der Waals surface area contributed by atoms with Crippen LogP contribution in [0.3, 0.4) is 0 Å². The zero-order valence-electron chi connectivity index (χ0n) is 12.1. The van der Waals surface area contributed by atoms with E-state index >= 15 is 0 Å². The van der Waals surface area contributed by atoms with Crippen molar-refractivity contribution in [2.24, 2.45) is 0 Å². The van der Waals surface area contributed by atoms with Gasteiger partial charge in [-0.15, -0.1) is 5.10 Å². The summed E-state index contributed by atoms with van der Waals surface area (Å²) in [4.78, 5) is 16.1. The van der Waals surface area contributed by atoms with E-state index < -0.39 is 0 Å². The maximum atomic E-state index is 11.9. The Hall–Kier alpha value is -3.41. The van der Waals surface area contributed by atoms with Crippen LogP contribution in [0.5, 0.6) is 5.75 Å². The molecule has 3 rings (SSSR count). The summed E-state index contributed by atoms with van der Waals surface area (Å²) in [6, 6.07) is 16.0. The summed E-state index contributed by atoms with van der Waals surface area (Å²) < 4.78 is 0. The number of rotatable bonds is 4. The summed E-state index contributed by atoms with van der Waals surface area (Å²) in [7, 11) is 0. The molecule has 0 unspecified atom stereocenters. The van der Waals surface area contributed by atoms with E-state index in [0.717, 1.165) is 11.1 Å². The Morgan fingerprint density at radius 3 is 2.57 bits per heavy atom. The minimum atomic E-state index is -0.336. The lowest BCUT2D eigenvalue weighted by Crippen LogP contribution is -2.09. The Morgan fingerprint density at radius 2 is 1.83 bits per heavy atom. The Morgan fingerprint density at radius 1 is 1.09 bits per heavy atom. The average molecular weight is 306 g/mol. The van der Waals surface area contributed by atoms with E-state index in [1.54, 1.807) is 30.3 Å². The van der Waals surface area contributed by atoms with Gasteiger partial charge in [0.15, 0.2) is 5.82 Å². The Balaban J connectivity index is 1.64. The molecule has 23 heavy (non-hydrogen) atoms. The third-order valence-corrected chi connectivity index (χ3v) is 3.09. The highest BCUT2D eigenvalue weighted by Crippen LogP contribution is 2.15. The van der Waals surface area contributed by atoms with Crippen LogP contribution < -0.4 is 5.32 Å². The van der Waals surface area contributed by atoms with Crippen LogP contribution in [-0.4, -0.2) is 26.2 Å². The number of aromatic nitrogens is 3. The van der Waals surface area contributed by atoms with Gasteiger partial charge in [0.1, 0.15) is 5.75 Å². The molecule has 0 aliphatic rings. The van der Waals surface area contributed by atoms with Crippen LogP contribution in [0.15, 0.2) is 60.7 Å². The lowest BCUT2D eigenvalue weighted by Gasteiger charge is -1.96. The maximum Gasteiger partial charge on any atom is 0.250 e. The standard InChI is InChI=1S/C17H14N4O2/c22-14-9-6-12(7-10-14)8-11-15(23)18-17-19-16(20-21-17)13-4-2-1-3-5-13/h1-11,22H,(H2,18,19,20,21,23)/b11-8+. The normalized spacial score (nSPS) is 10.8. The van der Waals surface area contributed by atoms with E-state index in [2.05, 4.69) is 20.5 Å². The van der Waals surface area contributed by atoms with Crippen LogP contribution >= 0.6 is 0 Å². The highest BCUT2D eigenvalue weighted by atomic mass is 16.3. The first-order chi connectivity index (χ1) is 11.2. The quantitative estimate of drug-likeness (QED) is 0.646. The van der Waals surface area contributed by atoms with Gasteiger partial charge < -0.3 is 5.11 Å². The molecule has 0 radical (unpaired) electrons. The molecule has 114 valence electrons. The van der Waals surface area contributed by atoms with Gasteiger partial charge in [0, 0.05) is 11.6 Å². The summed E-state index contributed by atoms with van der Waals surface area (Å²) in [5.41, 5.74) is 1.69.